The van der Waals surface area contributed by atoms with E-state index in [-0.39, 0.29) is 5.82 Å². The number of nitrogens with two attached hydrogens (primary N) is 1. The van der Waals surface area contributed by atoms with Crippen LogP contribution >= 0.6 is 0 Å². The number of halogens is 1. The molecular formula is C30H30FN7O2. The largest absolute Gasteiger partial charge is 0.497 e. The lowest BCUT2D eigenvalue weighted by molar-refractivity contribution is 0.200. The number of hydrogen-bond donors (Lipinski definition) is 1. The van der Waals surface area contributed by atoms with Crippen molar-refractivity contribution in [3.63, 3.8) is 0 Å². The van der Waals surface area contributed by atoms with Gasteiger partial charge in [-0.05, 0) is 48.5 Å². The van der Waals surface area contributed by atoms with Gasteiger partial charge in [-0.2, -0.15) is 4.98 Å². The van der Waals surface area contributed by atoms with Crippen molar-refractivity contribution in [3.05, 3.63) is 84.7 Å². The van der Waals surface area contributed by atoms with Gasteiger partial charge in [-0.1, -0.05) is 30.3 Å². The predicted octanol–water partition coefficient (Wildman–Crippen LogP) is 4.41. The zero-order valence-electron chi connectivity index (χ0n) is 22.2. The molecule has 3 heterocycles. The lowest BCUT2D eigenvalue weighted by Gasteiger charge is -2.34. The molecule has 0 amide bonds. The van der Waals surface area contributed by atoms with E-state index < -0.39 is 0 Å². The Hall–Kier alpha value is -4.70. The van der Waals surface area contributed by atoms with Gasteiger partial charge in [-0.25, -0.2) is 14.1 Å². The summed E-state index contributed by atoms with van der Waals surface area (Å²) >= 11 is 0. The zero-order valence-corrected chi connectivity index (χ0v) is 22.2. The van der Waals surface area contributed by atoms with Crippen molar-refractivity contribution in [1.82, 2.24) is 24.6 Å². The van der Waals surface area contributed by atoms with Crippen LogP contribution in [0.3, 0.4) is 0 Å². The number of aromatic nitrogens is 4. The summed E-state index contributed by atoms with van der Waals surface area (Å²) in [6.07, 6.45) is 0. The number of nitrogens with zero attached hydrogens (tertiary/aromatic N) is 6. The van der Waals surface area contributed by atoms with Gasteiger partial charge in [-0.15, -0.1) is 5.10 Å². The first-order chi connectivity index (χ1) is 19.6. The van der Waals surface area contributed by atoms with E-state index in [1.807, 2.05) is 60.7 Å². The van der Waals surface area contributed by atoms with Crippen LogP contribution in [0.4, 0.5) is 16.2 Å². The molecule has 0 aliphatic carbocycles. The van der Waals surface area contributed by atoms with Gasteiger partial charge in [0.15, 0.2) is 5.65 Å². The first-order valence-electron chi connectivity index (χ1n) is 13.2. The second-order valence-corrected chi connectivity index (χ2v) is 9.57. The van der Waals surface area contributed by atoms with Crippen LogP contribution in [0.15, 0.2) is 78.9 Å². The predicted molar refractivity (Wildman–Crippen MR) is 154 cm³/mol. The summed E-state index contributed by atoms with van der Waals surface area (Å²) in [5, 5.41) is 5.32. The Balaban J connectivity index is 1.27. The Labute approximate surface area is 231 Å². The Morgan fingerprint density at radius 3 is 2.38 bits per heavy atom. The minimum Gasteiger partial charge on any atom is -0.497 e. The molecule has 40 heavy (non-hydrogen) atoms. The SMILES string of the molecule is COc1ccc(-n2nc3nc(N4CCN(CCOc5ccccc5)CC4)nc(-c4cccc(F)c4)c3c2N)cc1. The second-order valence-electron chi connectivity index (χ2n) is 9.57. The smallest absolute Gasteiger partial charge is 0.228 e. The molecule has 0 saturated carbocycles. The molecule has 1 saturated heterocycles. The average molecular weight is 540 g/mol. The Bertz CT molecular complexity index is 1600. The van der Waals surface area contributed by atoms with Crippen molar-refractivity contribution in [3.8, 4) is 28.4 Å². The maximum atomic E-state index is 14.3. The van der Waals surface area contributed by atoms with Gasteiger partial charge in [0.25, 0.3) is 0 Å². The van der Waals surface area contributed by atoms with Crippen LogP contribution in [0.1, 0.15) is 0 Å². The van der Waals surface area contributed by atoms with Crippen LogP contribution in [-0.2, 0) is 0 Å². The van der Waals surface area contributed by atoms with Crippen molar-refractivity contribution in [2.75, 3.05) is 57.1 Å². The molecule has 0 bridgehead atoms. The molecule has 204 valence electrons. The Kier molecular flexibility index (Phi) is 7.15. The molecule has 9 nitrogen and oxygen atoms in total. The van der Waals surface area contributed by atoms with Crippen LogP contribution in [0.2, 0.25) is 0 Å². The molecule has 0 unspecified atom stereocenters. The number of rotatable bonds is 8. The molecule has 2 aromatic heterocycles. The summed E-state index contributed by atoms with van der Waals surface area (Å²) < 4.78 is 27.1. The van der Waals surface area contributed by atoms with E-state index in [4.69, 9.17) is 30.3 Å². The second kappa shape index (κ2) is 11.2. The van der Waals surface area contributed by atoms with Crippen molar-refractivity contribution < 1.29 is 13.9 Å². The number of methoxy groups -OCH3 is 1. The Morgan fingerprint density at radius 1 is 0.875 bits per heavy atom. The number of para-hydroxylation sites is 1. The molecule has 1 aliphatic rings. The number of nitrogen functional groups attached to an aromatic ring is 1. The number of anilines is 2. The first kappa shape index (κ1) is 25.6. The van der Waals surface area contributed by atoms with E-state index in [2.05, 4.69) is 9.80 Å². The maximum Gasteiger partial charge on any atom is 0.228 e. The van der Waals surface area contributed by atoms with Gasteiger partial charge in [0, 0.05) is 38.3 Å². The quantitative estimate of drug-likeness (QED) is 0.310. The highest BCUT2D eigenvalue weighted by Crippen LogP contribution is 2.34. The molecule has 2 N–H and O–H groups in total. The summed E-state index contributed by atoms with van der Waals surface area (Å²) in [6.45, 7) is 4.63. The lowest BCUT2D eigenvalue weighted by atomic mass is 10.1. The topological polar surface area (TPSA) is 94.6 Å². The molecule has 1 aliphatic heterocycles. The molecular weight excluding hydrogens is 509 g/mol. The van der Waals surface area contributed by atoms with E-state index >= 15 is 0 Å². The maximum absolute atomic E-state index is 14.3. The third-order valence-electron chi connectivity index (χ3n) is 7.05. The van der Waals surface area contributed by atoms with Gasteiger partial charge < -0.3 is 20.1 Å². The summed E-state index contributed by atoms with van der Waals surface area (Å²) in [6, 6.07) is 23.6. The van der Waals surface area contributed by atoms with Crippen molar-refractivity contribution >= 4 is 22.8 Å². The molecule has 0 radical (unpaired) electrons. The monoisotopic (exact) mass is 539 g/mol. The van der Waals surface area contributed by atoms with Crippen LogP contribution in [0.5, 0.6) is 11.5 Å². The van der Waals surface area contributed by atoms with Gasteiger partial charge in [0.05, 0.1) is 23.9 Å². The Morgan fingerprint density at radius 2 is 1.65 bits per heavy atom. The standard InChI is InChI=1S/C30H30FN7O2/c1-39-24-12-10-23(11-13-24)38-28(32)26-27(21-6-5-7-22(31)20-21)33-30(34-29(26)35-38)37-16-14-36(15-17-37)18-19-40-25-8-3-2-4-9-25/h2-13,20H,14-19,32H2,1H3. The summed E-state index contributed by atoms with van der Waals surface area (Å²) in [4.78, 5) is 14.2. The lowest BCUT2D eigenvalue weighted by Crippen LogP contribution is -2.48. The van der Waals surface area contributed by atoms with Gasteiger partial charge >= 0.3 is 0 Å². The van der Waals surface area contributed by atoms with Crippen molar-refractivity contribution in [2.24, 2.45) is 0 Å². The summed E-state index contributed by atoms with van der Waals surface area (Å²) in [5.74, 6) is 2.19. The van der Waals surface area contributed by atoms with Crippen molar-refractivity contribution in [1.29, 1.82) is 0 Å². The average Bonchev–Trinajstić information content (AvgIpc) is 3.33. The molecule has 5 aromatic rings. The van der Waals surface area contributed by atoms with Crippen LogP contribution < -0.4 is 20.1 Å². The molecule has 1 fully saturated rings. The molecule has 0 atom stereocenters. The van der Waals surface area contributed by atoms with E-state index in [0.29, 0.717) is 40.7 Å². The highest BCUT2D eigenvalue weighted by Gasteiger charge is 2.24. The minimum atomic E-state index is -0.349. The molecule has 10 heteroatoms. The van der Waals surface area contributed by atoms with E-state index in [1.54, 1.807) is 17.9 Å². The number of piperazine rings is 1. The van der Waals surface area contributed by atoms with Crippen LogP contribution in [0, 0.1) is 5.82 Å². The van der Waals surface area contributed by atoms with Gasteiger partial charge in [-0.3, -0.25) is 4.90 Å². The summed E-state index contributed by atoms with van der Waals surface area (Å²) in [5.41, 5.74) is 9.00. The molecule has 3 aromatic carbocycles. The van der Waals surface area contributed by atoms with E-state index in [1.165, 1.54) is 12.1 Å². The molecule has 0 spiro atoms. The van der Waals surface area contributed by atoms with E-state index in [9.17, 15) is 4.39 Å². The third-order valence-corrected chi connectivity index (χ3v) is 7.05. The van der Waals surface area contributed by atoms with Crippen molar-refractivity contribution in [2.45, 2.75) is 0 Å². The zero-order chi connectivity index (χ0) is 27.5. The number of hydrogen-bond acceptors (Lipinski definition) is 8. The van der Waals surface area contributed by atoms with Gasteiger partial charge in [0.1, 0.15) is 29.7 Å². The highest BCUT2D eigenvalue weighted by atomic mass is 19.1. The molecule has 6 rings (SSSR count). The third kappa shape index (κ3) is 5.26. The number of benzene rings is 3. The fraction of sp³-hybridized carbons (Fsp3) is 0.233. The highest BCUT2D eigenvalue weighted by molar-refractivity contribution is 5.99. The fourth-order valence-corrected chi connectivity index (χ4v) is 4.89. The minimum absolute atomic E-state index is 0.349. The van der Waals surface area contributed by atoms with E-state index in [0.717, 1.165) is 49.9 Å². The number of fused-ring (bicyclic) bond motifs is 1. The van der Waals surface area contributed by atoms with Crippen LogP contribution in [0.25, 0.3) is 28.0 Å². The van der Waals surface area contributed by atoms with Crippen LogP contribution in [-0.4, -0.2) is 71.1 Å². The van der Waals surface area contributed by atoms with Gasteiger partial charge in [0.2, 0.25) is 5.95 Å². The first-order valence-corrected chi connectivity index (χ1v) is 13.2. The fourth-order valence-electron chi connectivity index (χ4n) is 4.89. The normalized spacial score (nSPS) is 14.0. The summed E-state index contributed by atoms with van der Waals surface area (Å²) in [7, 11) is 1.62. The number of ether oxygens (including phenoxy) is 2.